The standard InChI is InChI=1S/C10H14N2O/c1-13-10-4-7-12(8-10)9-2-5-11-6-3-9/h2-3,5-6,10H,4,7-8H2,1H3/t10-/m1/s1. The molecule has 70 valence electrons. The van der Waals surface area contributed by atoms with E-state index >= 15 is 0 Å². The van der Waals surface area contributed by atoms with Crippen LogP contribution >= 0.6 is 0 Å². The summed E-state index contributed by atoms with van der Waals surface area (Å²) in [6.07, 6.45) is 5.18. The summed E-state index contributed by atoms with van der Waals surface area (Å²) in [5, 5.41) is 0. The zero-order valence-electron chi connectivity index (χ0n) is 7.81. The van der Waals surface area contributed by atoms with Gasteiger partial charge in [-0.3, -0.25) is 4.98 Å². The molecule has 1 aromatic rings. The molecule has 2 rings (SSSR count). The van der Waals surface area contributed by atoms with Crippen molar-refractivity contribution in [3.05, 3.63) is 24.5 Å². The van der Waals surface area contributed by atoms with Crippen molar-refractivity contribution in [1.29, 1.82) is 0 Å². The molecule has 0 bridgehead atoms. The number of nitrogens with zero attached hydrogens (tertiary/aromatic N) is 2. The van der Waals surface area contributed by atoms with Gasteiger partial charge in [0.25, 0.3) is 0 Å². The molecule has 1 fully saturated rings. The van der Waals surface area contributed by atoms with Crippen molar-refractivity contribution in [2.45, 2.75) is 12.5 Å². The number of pyridine rings is 1. The molecule has 1 aromatic heterocycles. The van der Waals surface area contributed by atoms with E-state index < -0.39 is 0 Å². The highest BCUT2D eigenvalue weighted by Crippen LogP contribution is 2.20. The Balaban J connectivity index is 2.04. The molecule has 0 saturated carbocycles. The van der Waals surface area contributed by atoms with Gasteiger partial charge in [-0.25, -0.2) is 0 Å². The van der Waals surface area contributed by atoms with Gasteiger partial charge in [0.1, 0.15) is 0 Å². The van der Waals surface area contributed by atoms with Crippen LogP contribution in [-0.2, 0) is 4.74 Å². The first kappa shape index (κ1) is 8.51. The Kier molecular flexibility index (Phi) is 2.45. The molecule has 3 heteroatoms. The quantitative estimate of drug-likeness (QED) is 0.682. The SMILES string of the molecule is CO[C@@H]1CCN(c2ccncc2)C1. The summed E-state index contributed by atoms with van der Waals surface area (Å²) in [5.41, 5.74) is 1.24. The fourth-order valence-corrected chi connectivity index (χ4v) is 1.71. The minimum absolute atomic E-state index is 0.396. The summed E-state index contributed by atoms with van der Waals surface area (Å²) in [5.74, 6) is 0. The van der Waals surface area contributed by atoms with Gasteiger partial charge in [0.2, 0.25) is 0 Å². The van der Waals surface area contributed by atoms with Crippen LogP contribution in [-0.4, -0.2) is 31.3 Å². The lowest BCUT2D eigenvalue weighted by molar-refractivity contribution is 0.121. The second kappa shape index (κ2) is 3.75. The van der Waals surface area contributed by atoms with Crippen LogP contribution in [0.4, 0.5) is 5.69 Å². The smallest absolute Gasteiger partial charge is 0.0762 e. The highest BCUT2D eigenvalue weighted by molar-refractivity contribution is 5.45. The Bertz CT molecular complexity index is 263. The summed E-state index contributed by atoms with van der Waals surface area (Å²) in [6.45, 7) is 2.09. The van der Waals surface area contributed by atoms with Gasteiger partial charge in [-0.2, -0.15) is 0 Å². The number of hydrogen-bond acceptors (Lipinski definition) is 3. The van der Waals surface area contributed by atoms with Crippen molar-refractivity contribution in [2.24, 2.45) is 0 Å². The lowest BCUT2D eigenvalue weighted by Gasteiger charge is -2.17. The second-order valence-electron chi connectivity index (χ2n) is 3.30. The summed E-state index contributed by atoms with van der Waals surface area (Å²) < 4.78 is 5.31. The number of aromatic nitrogens is 1. The van der Waals surface area contributed by atoms with Gasteiger partial charge in [0, 0.05) is 38.3 Å². The molecule has 0 radical (unpaired) electrons. The van der Waals surface area contributed by atoms with E-state index in [4.69, 9.17) is 4.74 Å². The van der Waals surface area contributed by atoms with Crippen molar-refractivity contribution in [2.75, 3.05) is 25.1 Å². The van der Waals surface area contributed by atoms with Gasteiger partial charge < -0.3 is 9.64 Å². The molecule has 1 atom stereocenters. The first-order chi connectivity index (χ1) is 6.40. The maximum Gasteiger partial charge on any atom is 0.0762 e. The minimum Gasteiger partial charge on any atom is -0.380 e. The maximum atomic E-state index is 5.31. The highest BCUT2D eigenvalue weighted by Gasteiger charge is 2.21. The van der Waals surface area contributed by atoms with E-state index in [1.54, 1.807) is 7.11 Å². The average molecular weight is 178 g/mol. The van der Waals surface area contributed by atoms with Gasteiger partial charge in [-0.05, 0) is 18.6 Å². The molecule has 13 heavy (non-hydrogen) atoms. The van der Waals surface area contributed by atoms with E-state index in [1.807, 2.05) is 24.5 Å². The lowest BCUT2D eigenvalue weighted by Crippen LogP contribution is -2.21. The van der Waals surface area contributed by atoms with Crippen molar-refractivity contribution in [1.82, 2.24) is 4.98 Å². The molecular weight excluding hydrogens is 164 g/mol. The number of rotatable bonds is 2. The Morgan fingerprint density at radius 2 is 2.23 bits per heavy atom. The predicted octanol–water partition coefficient (Wildman–Crippen LogP) is 1.31. The van der Waals surface area contributed by atoms with Crippen LogP contribution < -0.4 is 4.90 Å². The predicted molar refractivity (Wildman–Crippen MR) is 51.9 cm³/mol. The van der Waals surface area contributed by atoms with Crippen LogP contribution in [0.3, 0.4) is 0 Å². The Morgan fingerprint density at radius 3 is 2.85 bits per heavy atom. The maximum absolute atomic E-state index is 5.31. The molecular formula is C10H14N2O. The normalized spacial score (nSPS) is 22.2. The summed E-state index contributed by atoms with van der Waals surface area (Å²) in [6, 6.07) is 4.08. The number of methoxy groups -OCH3 is 1. The van der Waals surface area contributed by atoms with E-state index in [-0.39, 0.29) is 0 Å². The summed E-state index contributed by atoms with van der Waals surface area (Å²) in [7, 11) is 1.78. The van der Waals surface area contributed by atoms with Gasteiger partial charge in [0.05, 0.1) is 6.10 Å². The number of hydrogen-bond donors (Lipinski definition) is 0. The topological polar surface area (TPSA) is 25.4 Å². The van der Waals surface area contributed by atoms with Gasteiger partial charge in [-0.1, -0.05) is 0 Å². The summed E-state index contributed by atoms with van der Waals surface area (Å²) in [4.78, 5) is 6.33. The lowest BCUT2D eigenvalue weighted by atomic mass is 10.3. The highest BCUT2D eigenvalue weighted by atomic mass is 16.5. The minimum atomic E-state index is 0.396. The van der Waals surface area contributed by atoms with Crippen LogP contribution in [0.5, 0.6) is 0 Å². The van der Waals surface area contributed by atoms with Crippen LogP contribution in [0.25, 0.3) is 0 Å². The number of ether oxygens (including phenoxy) is 1. The molecule has 1 aliphatic rings. The van der Waals surface area contributed by atoms with Gasteiger partial charge >= 0.3 is 0 Å². The molecule has 0 amide bonds. The molecule has 0 aromatic carbocycles. The Morgan fingerprint density at radius 1 is 1.46 bits per heavy atom. The molecule has 0 N–H and O–H groups in total. The third-order valence-corrected chi connectivity index (χ3v) is 2.51. The van der Waals surface area contributed by atoms with Gasteiger partial charge in [0.15, 0.2) is 0 Å². The summed E-state index contributed by atoms with van der Waals surface area (Å²) >= 11 is 0. The van der Waals surface area contributed by atoms with Gasteiger partial charge in [-0.15, -0.1) is 0 Å². The van der Waals surface area contributed by atoms with E-state index in [0.29, 0.717) is 6.10 Å². The Labute approximate surface area is 78.3 Å². The fraction of sp³-hybridized carbons (Fsp3) is 0.500. The van der Waals surface area contributed by atoms with Crippen molar-refractivity contribution >= 4 is 5.69 Å². The largest absolute Gasteiger partial charge is 0.380 e. The van der Waals surface area contributed by atoms with Crippen molar-refractivity contribution in [3.8, 4) is 0 Å². The first-order valence-corrected chi connectivity index (χ1v) is 4.58. The van der Waals surface area contributed by atoms with Crippen LogP contribution in [0.1, 0.15) is 6.42 Å². The van der Waals surface area contributed by atoms with Crippen molar-refractivity contribution in [3.63, 3.8) is 0 Å². The van der Waals surface area contributed by atoms with E-state index in [1.165, 1.54) is 5.69 Å². The third kappa shape index (κ3) is 1.80. The molecule has 0 unspecified atom stereocenters. The first-order valence-electron chi connectivity index (χ1n) is 4.58. The van der Waals surface area contributed by atoms with Crippen molar-refractivity contribution < 1.29 is 4.74 Å². The zero-order valence-corrected chi connectivity index (χ0v) is 7.81. The third-order valence-electron chi connectivity index (χ3n) is 2.51. The number of anilines is 1. The van der Waals surface area contributed by atoms with Crippen LogP contribution in [0.15, 0.2) is 24.5 Å². The molecule has 1 aliphatic heterocycles. The average Bonchev–Trinajstić information content (AvgIpc) is 2.67. The second-order valence-corrected chi connectivity index (χ2v) is 3.30. The molecule has 2 heterocycles. The van der Waals surface area contributed by atoms with E-state index in [2.05, 4.69) is 9.88 Å². The fourth-order valence-electron chi connectivity index (χ4n) is 1.71. The molecule has 0 spiro atoms. The van der Waals surface area contributed by atoms with E-state index in [0.717, 1.165) is 19.5 Å². The molecule has 3 nitrogen and oxygen atoms in total. The van der Waals surface area contributed by atoms with Crippen LogP contribution in [0, 0.1) is 0 Å². The van der Waals surface area contributed by atoms with E-state index in [9.17, 15) is 0 Å². The molecule has 0 aliphatic carbocycles. The Hall–Kier alpha value is -1.09. The zero-order chi connectivity index (χ0) is 9.10. The monoisotopic (exact) mass is 178 g/mol. The van der Waals surface area contributed by atoms with Crippen LogP contribution in [0.2, 0.25) is 0 Å². The molecule has 1 saturated heterocycles.